The molecule has 0 spiro atoms. The van der Waals surface area contributed by atoms with Crippen molar-refractivity contribution in [3.8, 4) is 0 Å². The molecule has 0 N–H and O–H groups in total. The number of benzene rings is 9. The lowest BCUT2D eigenvalue weighted by Gasteiger charge is -2.51. The molecule has 8 heterocycles. The second-order valence-electron chi connectivity index (χ2n) is 22.7. The van der Waals surface area contributed by atoms with Gasteiger partial charge >= 0.3 is 0 Å². The molecule has 0 aliphatic carbocycles. The van der Waals surface area contributed by atoms with E-state index in [-0.39, 0.29) is 12.1 Å². The van der Waals surface area contributed by atoms with E-state index >= 15 is 0 Å². The molecular weight excluding hydrogens is 904 g/mol. The minimum absolute atomic E-state index is 0.109. The Labute approximate surface area is 410 Å². The van der Waals surface area contributed by atoms with Crippen molar-refractivity contribution in [2.45, 2.75) is 52.4 Å². The Kier molecular flexibility index (Phi) is 6.83. The first-order chi connectivity index (χ1) is 34.4. The van der Waals surface area contributed by atoms with Gasteiger partial charge in [-0.2, -0.15) is 0 Å². The fourth-order valence-corrected chi connectivity index (χ4v) is 21.0. The molecule has 0 unspecified atom stereocenters. The monoisotopic (exact) mass is 948 g/mol. The topological polar surface area (TPSA) is 59.0 Å². The number of anilines is 6. The van der Waals surface area contributed by atoms with Crippen molar-refractivity contribution in [1.82, 2.24) is 0 Å². The van der Waals surface area contributed by atoms with Crippen molar-refractivity contribution in [2.24, 2.45) is 0 Å². The Balaban J connectivity index is 1.10. The highest BCUT2D eigenvalue weighted by molar-refractivity contribution is 7.09. The van der Waals surface area contributed by atoms with Gasteiger partial charge < -0.3 is 27.5 Å². The number of para-hydroxylation sites is 4. The van der Waals surface area contributed by atoms with Gasteiger partial charge in [-0.3, -0.25) is 0 Å². The lowest BCUT2D eigenvalue weighted by Crippen LogP contribution is -2.70. The number of furan rings is 4. The first kappa shape index (κ1) is 39.1. The van der Waals surface area contributed by atoms with E-state index in [1.54, 1.807) is 0 Å². The molecule has 0 fully saturated rings. The molecule has 4 aliphatic rings. The third kappa shape index (κ3) is 4.50. The number of nitrogens with zero attached hydrogens (tertiary/aromatic N) is 2. The van der Waals surface area contributed by atoms with Crippen LogP contribution in [0.4, 0.5) is 34.1 Å². The average Bonchev–Trinajstić information content (AvgIpc) is 4.13. The van der Waals surface area contributed by atoms with E-state index in [1.807, 2.05) is 0 Å². The smallest absolute Gasteiger partial charge is 0.252 e. The third-order valence-electron chi connectivity index (χ3n) is 17.2. The quantitative estimate of drug-likeness (QED) is 0.141. The van der Waals surface area contributed by atoms with Gasteiger partial charge in [-0.1, -0.05) is 132 Å². The van der Waals surface area contributed by atoms with E-state index in [4.69, 9.17) is 17.7 Å². The Morgan fingerprint density at radius 1 is 0.380 bits per heavy atom. The highest BCUT2D eigenvalue weighted by Crippen LogP contribution is 2.52. The molecular formula is C62H45BN2O4Si2. The second-order valence-corrected chi connectivity index (χ2v) is 31.2. The predicted molar refractivity (Wildman–Crippen MR) is 302 cm³/mol. The molecule has 0 atom stereocenters. The van der Waals surface area contributed by atoms with Crippen LogP contribution in [0.5, 0.6) is 0 Å². The second kappa shape index (κ2) is 12.4. The zero-order chi connectivity index (χ0) is 47.4. The van der Waals surface area contributed by atoms with Crippen molar-refractivity contribution in [3.05, 3.63) is 151 Å². The summed E-state index contributed by atoms with van der Waals surface area (Å²) in [5, 5.41) is 14.5. The zero-order valence-electron chi connectivity index (χ0n) is 40.5. The first-order valence-electron chi connectivity index (χ1n) is 25.0. The van der Waals surface area contributed by atoms with E-state index in [0.29, 0.717) is 0 Å². The highest BCUT2D eigenvalue weighted by atomic mass is 28.3. The van der Waals surface area contributed by atoms with Gasteiger partial charge in [0.25, 0.3) is 6.71 Å². The van der Waals surface area contributed by atoms with Gasteiger partial charge in [0.2, 0.25) is 0 Å². The van der Waals surface area contributed by atoms with Crippen LogP contribution in [-0.4, -0.2) is 22.9 Å². The van der Waals surface area contributed by atoms with E-state index in [1.165, 1.54) is 87.6 Å². The fourth-order valence-electron chi connectivity index (χ4n) is 14.2. The molecule has 13 aromatic rings. The van der Waals surface area contributed by atoms with E-state index in [2.05, 4.69) is 202 Å². The van der Waals surface area contributed by atoms with Crippen LogP contribution in [-0.2, 0) is 5.41 Å². The maximum atomic E-state index is 7.22. The zero-order valence-corrected chi connectivity index (χ0v) is 42.5. The molecule has 0 amide bonds. The molecule has 338 valence electrons. The third-order valence-corrected chi connectivity index (χ3v) is 24.1. The van der Waals surface area contributed by atoms with Crippen LogP contribution < -0.4 is 46.9 Å². The van der Waals surface area contributed by atoms with Gasteiger partial charge in [0, 0.05) is 98.0 Å². The summed E-state index contributed by atoms with van der Waals surface area (Å²) in [6.07, 6.45) is 0. The van der Waals surface area contributed by atoms with Crippen molar-refractivity contribution in [1.29, 1.82) is 0 Å². The maximum Gasteiger partial charge on any atom is 0.252 e. The average molecular weight is 949 g/mol. The van der Waals surface area contributed by atoms with Crippen molar-refractivity contribution >= 4 is 182 Å². The molecule has 9 heteroatoms. The largest absolute Gasteiger partial charge is 0.456 e. The normalized spacial score (nSPS) is 16.0. The Morgan fingerprint density at radius 3 is 1.11 bits per heavy atom. The lowest BCUT2D eigenvalue weighted by atomic mass is 9.33. The van der Waals surface area contributed by atoms with Gasteiger partial charge in [-0.15, -0.1) is 0 Å². The first-order valence-corrected chi connectivity index (χ1v) is 31.0. The number of rotatable bonds is 0. The summed E-state index contributed by atoms with van der Waals surface area (Å²) in [7, 11) is -5.40. The van der Waals surface area contributed by atoms with Crippen LogP contribution in [0, 0.1) is 0 Å². The number of hydrogen-bond donors (Lipinski definition) is 0. The number of hydrogen-bond acceptors (Lipinski definition) is 6. The van der Waals surface area contributed by atoms with Gasteiger partial charge in [-0.05, 0) is 88.0 Å². The summed E-state index contributed by atoms with van der Waals surface area (Å²) in [5.74, 6) is 0. The molecule has 71 heavy (non-hydrogen) atoms. The lowest BCUT2D eigenvalue weighted by molar-refractivity contribution is 0.590. The molecule has 9 aromatic carbocycles. The summed E-state index contributed by atoms with van der Waals surface area (Å²) in [6, 6.07) is 53.9. The molecule has 0 saturated heterocycles. The Bertz CT molecular complexity index is 4390. The maximum absolute atomic E-state index is 7.22. The molecule has 4 aromatic heterocycles. The van der Waals surface area contributed by atoms with E-state index in [0.717, 1.165) is 77.0 Å². The Morgan fingerprint density at radius 2 is 0.732 bits per heavy atom. The summed E-state index contributed by atoms with van der Waals surface area (Å²) in [5.41, 5.74) is 20.0. The standard InChI is InChI=1S/C62H45BN2O4Si2/c1-62(2,3)32-28-45-51-46(29-32)65-44-27-25-38-34-17-9-13-21-48(34)67-55(38)59(44)71(6,7)61-53(65)42(31-40-36-19-11-15-23-50(36)69-57(40)61)63(51)41-30-39-35-18-10-14-22-49(35)68-56(39)60-52(41)64(45)43-26-24-37-33-16-8-12-20-47(33)66-54(37)58(43)70(60,4)5/h8-31H,1-7H3. The fraction of sp³-hybridized carbons (Fsp3) is 0.129. The predicted octanol–water partition coefficient (Wildman–Crippen LogP) is 12.9. The van der Waals surface area contributed by atoms with Crippen LogP contribution in [0.1, 0.15) is 26.3 Å². The van der Waals surface area contributed by atoms with Crippen LogP contribution in [0.2, 0.25) is 26.2 Å². The van der Waals surface area contributed by atoms with Crippen LogP contribution in [0.25, 0.3) is 87.8 Å². The Hall–Kier alpha value is -7.72. The SMILES string of the molecule is CC(C)(C)c1cc2c3c(c1)N1c4ccc5c(oc6ccccc65)c4[Si](C)(C)c4c1c(cc1c4oc4ccccc41)B3c1cc3c(oc4ccccc43)c3c1N2c1ccc2c(oc4ccccc42)c1[Si]3(C)C. The van der Waals surface area contributed by atoms with Crippen molar-refractivity contribution in [2.75, 3.05) is 9.80 Å². The van der Waals surface area contributed by atoms with Crippen LogP contribution >= 0.6 is 0 Å². The summed E-state index contributed by atoms with van der Waals surface area (Å²) in [4.78, 5) is 5.29. The van der Waals surface area contributed by atoms with Gasteiger partial charge in [0.1, 0.15) is 60.8 Å². The van der Waals surface area contributed by atoms with Crippen LogP contribution in [0.3, 0.4) is 0 Å². The van der Waals surface area contributed by atoms with Crippen molar-refractivity contribution < 1.29 is 17.7 Å². The number of fused-ring (bicyclic) bond motifs is 24. The minimum Gasteiger partial charge on any atom is -0.456 e. The van der Waals surface area contributed by atoms with Crippen LogP contribution in [0.15, 0.2) is 163 Å². The molecule has 17 rings (SSSR count). The minimum atomic E-state index is -2.70. The van der Waals surface area contributed by atoms with Gasteiger partial charge in [-0.25, -0.2) is 0 Å². The summed E-state index contributed by atoms with van der Waals surface area (Å²) in [6.45, 7) is 17.1. The molecule has 0 radical (unpaired) electrons. The molecule has 0 bridgehead atoms. The summed E-state index contributed by atoms with van der Waals surface area (Å²) >= 11 is 0. The molecule has 0 saturated carbocycles. The summed E-state index contributed by atoms with van der Waals surface area (Å²) < 4.78 is 28.6. The molecule has 4 aliphatic heterocycles. The van der Waals surface area contributed by atoms with E-state index < -0.39 is 16.1 Å². The van der Waals surface area contributed by atoms with Gasteiger partial charge in [0.15, 0.2) is 0 Å². The van der Waals surface area contributed by atoms with Crippen molar-refractivity contribution in [3.63, 3.8) is 0 Å². The molecule has 6 nitrogen and oxygen atoms in total. The highest BCUT2D eigenvalue weighted by Gasteiger charge is 2.55. The van der Waals surface area contributed by atoms with Gasteiger partial charge in [0.05, 0.1) is 0 Å². The van der Waals surface area contributed by atoms with E-state index in [9.17, 15) is 0 Å².